The monoisotopic (exact) mass is 413 g/mol. The van der Waals surface area contributed by atoms with E-state index in [0.29, 0.717) is 31.2 Å². The summed E-state index contributed by atoms with van der Waals surface area (Å²) in [5, 5.41) is 0.698. The van der Waals surface area contributed by atoms with Crippen LogP contribution in [0.1, 0.15) is 12.0 Å². The highest BCUT2D eigenvalue weighted by atomic mass is 35.5. The topological polar surface area (TPSA) is 60.9 Å². The fraction of sp³-hybridized carbons (Fsp3) is 0.500. The molecule has 0 aromatic heterocycles. The Balaban J connectivity index is 1.21. The first-order valence-corrected chi connectivity index (χ1v) is 10.6. The molecule has 7 heteroatoms. The lowest BCUT2D eigenvalue weighted by Crippen LogP contribution is -2.52. The molecule has 2 saturated heterocycles. The Morgan fingerprint density at radius 1 is 1.03 bits per heavy atom. The first kappa shape index (κ1) is 18.7. The summed E-state index contributed by atoms with van der Waals surface area (Å²) in [6, 6.07) is 5.83. The Morgan fingerprint density at radius 3 is 2.28 bits per heavy atom. The summed E-state index contributed by atoms with van der Waals surface area (Å²) in [6.45, 7) is 4.47. The predicted molar refractivity (Wildman–Crippen MR) is 109 cm³/mol. The first-order chi connectivity index (χ1) is 13.9. The van der Waals surface area contributed by atoms with E-state index in [0.717, 1.165) is 17.7 Å². The summed E-state index contributed by atoms with van der Waals surface area (Å²) in [5.41, 5.74) is 2.24. The average Bonchev–Trinajstić information content (AvgIpc) is 3.40. The molecular weight excluding hydrogens is 390 g/mol. The van der Waals surface area contributed by atoms with Crippen LogP contribution in [0.25, 0.3) is 0 Å². The van der Waals surface area contributed by atoms with Gasteiger partial charge in [0, 0.05) is 36.9 Å². The molecule has 6 nitrogen and oxygen atoms in total. The van der Waals surface area contributed by atoms with E-state index >= 15 is 0 Å². The SMILES string of the molecule is Cc1ccc(Cl)cc1N1CCN(C(=O)CN2C(=O)[C@H]3[C@H](C2=O)[C@H]2C=C[C@H]3C2)CC1. The molecule has 2 bridgehead atoms. The van der Waals surface area contributed by atoms with Crippen molar-refractivity contribution < 1.29 is 14.4 Å². The van der Waals surface area contributed by atoms with Crippen LogP contribution in [0.15, 0.2) is 30.4 Å². The first-order valence-electron chi connectivity index (χ1n) is 10.3. The average molecular weight is 414 g/mol. The molecule has 3 fully saturated rings. The minimum atomic E-state index is -0.243. The van der Waals surface area contributed by atoms with Gasteiger partial charge in [-0.25, -0.2) is 0 Å². The zero-order valence-corrected chi connectivity index (χ0v) is 17.1. The van der Waals surface area contributed by atoms with Crippen molar-refractivity contribution in [1.29, 1.82) is 0 Å². The summed E-state index contributed by atoms with van der Waals surface area (Å²) in [6.07, 6.45) is 5.04. The lowest BCUT2D eigenvalue weighted by molar-refractivity contribution is -0.147. The number of imide groups is 1. The van der Waals surface area contributed by atoms with E-state index in [4.69, 9.17) is 11.6 Å². The number of carbonyl (C=O) groups excluding carboxylic acids is 3. The number of benzene rings is 1. The van der Waals surface area contributed by atoms with E-state index in [1.807, 2.05) is 25.1 Å². The van der Waals surface area contributed by atoms with Gasteiger partial charge in [-0.15, -0.1) is 0 Å². The van der Waals surface area contributed by atoms with Crippen LogP contribution in [0, 0.1) is 30.6 Å². The van der Waals surface area contributed by atoms with Crippen LogP contribution in [-0.2, 0) is 14.4 Å². The van der Waals surface area contributed by atoms with Gasteiger partial charge in [0.15, 0.2) is 0 Å². The van der Waals surface area contributed by atoms with Crippen LogP contribution in [0.3, 0.4) is 0 Å². The molecule has 5 rings (SSSR count). The molecule has 0 unspecified atom stereocenters. The number of allylic oxidation sites excluding steroid dienone is 2. The van der Waals surface area contributed by atoms with Crippen molar-refractivity contribution in [3.63, 3.8) is 0 Å². The van der Waals surface area contributed by atoms with Gasteiger partial charge in [-0.1, -0.05) is 29.8 Å². The fourth-order valence-electron chi connectivity index (χ4n) is 5.48. The maximum absolute atomic E-state index is 12.8. The Bertz CT molecular complexity index is 892. The summed E-state index contributed by atoms with van der Waals surface area (Å²) in [4.78, 5) is 43.6. The van der Waals surface area contributed by atoms with Gasteiger partial charge >= 0.3 is 0 Å². The number of piperazine rings is 1. The van der Waals surface area contributed by atoms with Crippen molar-refractivity contribution in [2.75, 3.05) is 37.6 Å². The molecule has 4 atom stereocenters. The van der Waals surface area contributed by atoms with E-state index in [1.54, 1.807) is 4.90 Å². The number of likely N-dealkylation sites (tertiary alicyclic amines) is 1. The van der Waals surface area contributed by atoms with Gasteiger partial charge < -0.3 is 9.80 Å². The molecule has 4 aliphatic rings. The van der Waals surface area contributed by atoms with Gasteiger partial charge in [-0.2, -0.15) is 0 Å². The third kappa shape index (κ3) is 2.96. The molecular formula is C22H24ClN3O3. The van der Waals surface area contributed by atoms with Crippen LogP contribution in [0.2, 0.25) is 5.02 Å². The standard InChI is InChI=1S/C22H24ClN3O3/c1-13-2-5-16(23)11-17(13)24-6-8-25(9-7-24)18(27)12-26-21(28)19-14-3-4-15(10-14)20(19)22(26)29/h2-5,11,14-15,19-20H,6-10,12H2,1H3/t14-,15-,19+,20+/m0/s1. The molecule has 2 heterocycles. The van der Waals surface area contributed by atoms with Crippen molar-refractivity contribution in [2.45, 2.75) is 13.3 Å². The maximum Gasteiger partial charge on any atom is 0.242 e. The number of amides is 3. The zero-order chi connectivity index (χ0) is 20.3. The van der Waals surface area contributed by atoms with Gasteiger partial charge in [0.05, 0.1) is 11.8 Å². The van der Waals surface area contributed by atoms with Crippen LogP contribution in [0.5, 0.6) is 0 Å². The minimum Gasteiger partial charge on any atom is -0.368 e. The predicted octanol–water partition coefficient (Wildman–Crippen LogP) is 2.10. The second kappa shape index (κ2) is 6.87. The molecule has 0 N–H and O–H groups in total. The highest BCUT2D eigenvalue weighted by Crippen LogP contribution is 2.52. The van der Waals surface area contributed by atoms with Gasteiger partial charge in [0.1, 0.15) is 6.54 Å². The highest BCUT2D eigenvalue weighted by Gasteiger charge is 2.59. The summed E-state index contributed by atoms with van der Waals surface area (Å²) in [7, 11) is 0. The van der Waals surface area contributed by atoms with Crippen LogP contribution in [0.4, 0.5) is 5.69 Å². The Morgan fingerprint density at radius 2 is 1.66 bits per heavy atom. The molecule has 1 aromatic rings. The number of fused-ring (bicyclic) bond motifs is 5. The largest absolute Gasteiger partial charge is 0.368 e. The van der Waals surface area contributed by atoms with Crippen molar-refractivity contribution in [1.82, 2.24) is 9.80 Å². The van der Waals surface area contributed by atoms with Crippen LogP contribution in [-0.4, -0.2) is 60.2 Å². The number of anilines is 1. The molecule has 1 aromatic carbocycles. The molecule has 2 aliphatic heterocycles. The Hall–Kier alpha value is -2.34. The second-order valence-corrected chi connectivity index (χ2v) is 9.00. The summed E-state index contributed by atoms with van der Waals surface area (Å²) >= 11 is 6.14. The van der Waals surface area contributed by atoms with E-state index < -0.39 is 0 Å². The van der Waals surface area contributed by atoms with Crippen molar-refractivity contribution in [3.8, 4) is 0 Å². The third-order valence-corrected chi connectivity index (χ3v) is 7.23. The van der Waals surface area contributed by atoms with Gasteiger partial charge in [-0.3, -0.25) is 19.3 Å². The minimum absolute atomic E-state index is 0.125. The number of nitrogens with zero attached hydrogens (tertiary/aromatic N) is 3. The van der Waals surface area contributed by atoms with Gasteiger partial charge in [0.2, 0.25) is 17.7 Å². The fourth-order valence-corrected chi connectivity index (χ4v) is 5.64. The van der Waals surface area contributed by atoms with Crippen molar-refractivity contribution >= 4 is 35.0 Å². The third-order valence-electron chi connectivity index (χ3n) is 7.00. The molecule has 0 radical (unpaired) electrons. The molecule has 29 heavy (non-hydrogen) atoms. The van der Waals surface area contributed by atoms with Gasteiger partial charge in [0.25, 0.3) is 0 Å². The molecule has 152 valence electrons. The number of carbonyl (C=O) groups is 3. The molecule has 0 spiro atoms. The number of rotatable bonds is 3. The Labute approximate surface area is 175 Å². The van der Waals surface area contributed by atoms with E-state index in [-0.39, 0.29) is 47.9 Å². The quantitative estimate of drug-likeness (QED) is 0.562. The van der Waals surface area contributed by atoms with Crippen molar-refractivity contribution in [2.24, 2.45) is 23.7 Å². The number of halogens is 1. The number of aryl methyl sites for hydroxylation is 1. The summed E-state index contributed by atoms with van der Waals surface area (Å²) < 4.78 is 0. The molecule has 2 aliphatic carbocycles. The smallest absolute Gasteiger partial charge is 0.242 e. The van der Waals surface area contributed by atoms with Gasteiger partial charge in [-0.05, 0) is 42.9 Å². The Kier molecular flexibility index (Phi) is 4.42. The van der Waals surface area contributed by atoms with E-state index in [1.165, 1.54) is 4.90 Å². The van der Waals surface area contributed by atoms with E-state index in [2.05, 4.69) is 17.1 Å². The van der Waals surface area contributed by atoms with E-state index in [9.17, 15) is 14.4 Å². The molecule has 1 saturated carbocycles. The van der Waals surface area contributed by atoms with Crippen LogP contribution >= 0.6 is 11.6 Å². The van der Waals surface area contributed by atoms with Crippen LogP contribution < -0.4 is 4.90 Å². The number of hydrogen-bond donors (Lipinski definition) is 0. The molecule has 3 amide bonds. The summed E-state index contributed by atoms with van der Waals surface area (Å²) in [5.74, 6) is -0.593. The lowest BCUT2D eigenvalue weighted by Gasteiger charge is -2.37. The second-order valence-electron chi connectivity index (χ2n) is 8.56. The maximum atomic E-state index is 12.8. The highest BCUT2D eigenvalue weighted by molar-refractivity contribution is 6.30. The van der Waals surface area contributed by atoms with Crippen molar-refractivity contribution in [3.05, 3.63) is 40.9 Å². The number of hydrogen-bond acceptors (Lipinski definition) is 4. The normalized spacial score (nSPS) is 30.5. The lowest BCUT2D eigenvalue weighted by atomic mass is 9.85. The zero-order valence-electron chi connectivity index (χ0n) is 16.4.